The highest BCUT2D eigenvalue weighted by molar-refractivity contribution is 5.95. The minimum atomic E-state index is -0.309. The van der Waals surface area contributed by atoms with Gasteiger partial charge in [-0.1, -0.05) is 6.92 Å². The lowest BCUT2D eigenvalue weighted by atomic mass is 10.1. The minimum absolute atomic E-state index is 0.198. The summed E-state index contributed by atoms with van der Waals surface area (Å²) in [4.78, 5) is 13.2. The molecule has 3 rings (SSSR count). The van der Waals surface area contributed by atoms with Crippen LogP contribution in [0, 0.1) is 0 Å². The molecule has 0 amide bonds. The predicted molar refractivity (Wildman–Crippen MR) is 116 cm³/mol. The van der Waals surface area contributed by atoms with E-state index in [9.17, 15) is 4.79 Å². The van der Waals surface area contributed by atoms with Crippen LogP contribution >= 0.6 is 0 Å². The van der Waals surface area contributed by atoms with Crippen molar-refractivity contribution in [3.8, 4) is 45.8 Å². The first-order valence-corrected chi connectivity index (χ1v) is 9.69. The van der Waals surface area contributed by atoms with Gasteiger partial charge >= 0.3 is 0 Å². The molecule has 1 aromatic heterocycles. The summed E-state index contributed by atoms with van der Waals surface area (Å²) < 4.78 is 39.2. The molecule has 0 aliphatic heterocycles. The third-order valence-corrected chi connectivity index (χ3v) is 4.73. The van der Waals surface area contributed by atoms with Crippen LogP contribution in [0.2, 0.25) is 0 Å². The van der Waals surface area contributed by atoms with Crippen molar-refractivity contribution in [3.63, 3.8) is 0 Å². The molecule has 0 aliphatic rings. The highest BCUT2D eigenvalue weighted by Crippen LogP contribution is 2.50. The Hall–Kier alpha value is -3.55. The first-order chi connectivity index (χ1) is 15.0. The van der Waals surface area contributed by atoms with Crippen molar-refractivity contribution in [3.05, 3.63) is 34.5 Å². The van der Waals surface area contributed by atoms with E-state index in [1.807, 2.05) is 6.92 Å². The van der Waals surface area contributed by atoms with Gasteiger partial charge in [0.1, 0.15) is 11.1 Å². The van der Waals surface area contributed by atoms with Crippen LogP contribution in [0.5, 0.6) is 34.5 Å². The van der Waals surface area contributed by atoms with Gasteiger partial charge in [0.05, 0.1) is 42.2 Å². The van der Waals surface area contributed by atoms with Crippen molar-refractivity contribution in [1.82, 2.24) is 0 Å². The van der Waals surface area contributed by atoms with Gasteiger partial charge in [0.2, 0.25) is 17.2 Å². The van der Waals surface area contributed by atoms with Gasteiger partial charge < -0.3 is 32.8 Å². The molecule has 2 aromatic carbocycles. The zero-order chi connectivity index (χ0) is 22.5. The topological polar surface area (TPSA) is 85.6 Å². The molecule has 0 radical (unpaired) electrons. The summed E-state index contributed by atoms with van der Waals surface area (Å²) in [6.07, 6.45) is 0.744. The molecule has 1 heterocycles. The fraction of sp³-hybridized carbons (Fsp3) is 0.348. The molecular weight excluding hydrogens is 404 g/mol. The molecular formula is C23H26O8. The first-order valence-electron chi connectivity index (χ1n) is 9.69. The number of hydrogen-bond donors (Lipinski definition) is 0. The molecule has 31 heavy (non-hydrogen) atoms. The van der Waals surface area contributed by atoms with Gasteiger partial charge in [-0.25, -0.2) is 0 Å². The Morgan fingerprint density at radius 3 is 2.00 bits per heavy atom. The fourth-order valence-corrected chi connectivity index (χ4v) is 3.32. The van der Waals surface area contributed by atoms with Crippen LogP contribution in [0.3, 0.4) is 0 Å². The number of benzene rings is 2. The summed E-state index contributed by atoms with van der Waals surface area (Å²) in [6, 6.07) is 6.63. The summed E-state index contributed by atoms with van der Waals surface area (Å²) in [5.74, 6) is 2.43. The van der Waals surface area contributed by atoms with Crippen molar-refractivity contribution >= 4 is 11.0 Å². The molecule has 0 bridgehead atoms. The van der Waals surface area contributed by atoms with E-state index in [1.54, 1.807) is 25.3 Å². The second kappa shape index (κ2) is 9.51. The molecule has 8 heteroatoms. The molecule has 8 nitrogen and oxygen atoms in total. The largest absolute Gasteiger partial charge is 0.493 e. The Morgan fingerprint density at radius 1 is 0.774 bits per heavy atom. The molecule has 0 aliphatic carbocycles. The number of hydrogen-bond acceptors (Lipinski definition) is 8. The molecule has 166 valence electrons. The van der Waals surface area contributed by atoms with Gasteiger partial charge in [-0.3, -0.25) is 4.79 Å². The van der Waals surface area contributed by atoms with Crippen molar-refractivity contribution < 1.29 is 32.8 Å². The lowest BCUT2D eigenvalue weighted by Crippen LogP contribution is -2.09. The Balaban J connectivity index is 2.36. The summed E-state index contributed by atoms with van der Waals surface area (Å²) in [5, 5.41) is 0.215. The zero-order valence-electron chi connectivity index (χ0n) is 18.5. The average molecular weight is 430 g/mol. The maximum absolute atomic E-state index is 13.2. The first kappa shape index (κ1) is 22.1. The number of methoxy groups -OCH3 is 5. The monoisotopic (exact) mass is 430 g/mol. The van der Waals surface area contributed by atoms with Crippen molar-refractivity contribution in [2.24, 2.45) is 0 Å². The van der Waals surface area contributed by atoms with Gasteiger partial charge in [-0.2, -0.15) is 0 Å². The fourth-order valence-electron chi connectivity index (χ4n) is 3.32. The van der Waals surface area contributed by atoms with Crippen LogP contribution in [-0.4, -0.2) is 42.2 Å². The smallest absolute Gasteiger partial charge is 0.211 e. The van der Waals surface area contributed by atoms with Crippen LogP contribution in [0.25, 0.3) is 22.3 Å². The van der Waals surface area contributed by atoms with Crippen LogP contribution in [0.1, 0.15) is 13.3 Å². The maximum atomic E-state index is 13.2. The molecule has 0 spiro atoms. The zero-order valence-corrected chi connectivity index (χ0v) is 18.5. The predicted octanol–water partition coefficient (Wildman–Crippen LogP) is 4.29. The van der Waals surface area contributed by atoms with Crippen molar-refractivity contribution in [2.45, 2.75) is 13.3 Å². The Kier molecular flexibility index (Phi) is 6.79. The van der Waals surface area contributed by atoms with E-state index in [-0.39, 0.29) is 39.4 Å². The highest BCUT2D eigenvalue weighted by Gasteiger charge is 2.27. The summed E-state index contributed by atoms with van der Waals surface area (Å²) >= 11 is 0. The van der Waals surface area contributed by atoms with Crippen molar-refractivity contribution in [2.75, 3.05) is 42.2 Å². The van der Waals surface area contributed by atoms with E-state index in [0.717, 1.165) is 6.42 Å². The average Bonchev–Trinajstić information content (AvgIpc) is 2.80. The normalized spacial score (nSPS) is 10.6. The molecule has 0 unspecified atom stereocenters. The number of rotatable bonds is 9. The van der Waals surface area contributed by atoms with Crippen LogP contribution in [-0.2, 0) is 0 Å². The quantitative estimate of drug-likeness (QED) is 0.497. The Bertz CT molecular complexity index is 1130. The minimum Gasteiger partial charge on any atom is -0.493 e. The lowest BCUT2D eigenvalue weighted by Gasteiger charge is -2.19. The summed E-state index contributed by atoms with van der Waals surface area (Å²) in [5.41, 5.74) is 0.518. The van der Waals surface area contributed by atoms with Crippen LogP contribution in [0.4, 0.5) is 0 Å². The van der Waals surface area contributed by atoms with Gasteiger partial charge in [-0.05, 0) is 24.6 Å². The maximum Gasteiger partial charge on any atom is 0.211 e. The Morgan fingerprint density at radius 2 is 1.42 bits per heavy atom. The number of ether oxygens (including phenoxy) is 6. The van der Waals surface area contributed by atoms with Crippen LogP contribution in [0.15, 0.2) is 33.5 Å². The van der Waals surface area contributed by atoms with E-state index in [0.29, 0.717) is 29.4 Å². The van der Waals surface area contributed by atoms with Crippen molar-refractivity contribution in [1.29, 1.82) is 0 Å². The second-order valence-corrected chi connectivity index (χ2v) is 6.53. The SMILES string of the molecule is CCCOc1c(OC)c(OC)c(OC)c2oc(-c3ccc(OC)c(OC)c3)cc(=O)c12. The molecule has 0 saturated heterocycles. The number of fused-ring (bicyclic) bond motifs is 1. The van der Waals surface area contributed by atoms with Crippen LogP contribution < -0.4 is 33.8 Å². The van der Waals surface area contributed by atoms with E-state index in [2.05, 4.69) is 0 Å². The third-order valence-electron chi connectivity index (χ3n) is 4.73. The lowest BCUT2D eigenvalue weighted by molar-refractivity contribution is 0.279. The molecule has 0 fully saturated rings. The van der Waals surface area contributed by atoms with Gasteiger partial charge in [0.15, 0.2) is 28.3 Å². The third kappa shape index (κ3) is 3.93. The van der Waals surface area contributed by atoms with Gasteiger partial charge in [-0.15, -0.1) is 0 Å². The summed E-state index contributed by atoms with van der Waals surface area (Å²) in [6.45, 7) is 2.35. The molecule has 0 saturated carbocycles. The van der Waals surface area contributed by atoms with E-state index in [1.165, 1.54) is 34.5 Å². The summed E-state index contributed by atoms with van der Waals surface area (Å²) in [7, 11) is 7.51. The second-order valence-electron chi connectivity index (χ2n) is 6.53. The highest BCUT2D eigenvalue weighted by atomic mass is 16.5. The van der Waals surface area contributed by atoms with Gasteiger partial charge in [0, 0.05) is 11.6 Å². The Labute approximate surface area is 180 Å². The van der Waals surface area contributed by atoms with E-state index < -0.39 is 0 Å². The molecule has 0 N–H and O–H groups in total. The molecule has 3 aromatic rings. The van der Waals surface area contributed by atoms with Gasteiger partial charge in [0.25, 0.3) is 0 Å². The van der Waals surface area contributed by atoms with E-state index >= 15 is 0 Å². The standard InChI is InChI=1S/C23H26O8/c1-7-10-30-19-18-14(24)12-16(13-8-9-15(25-2)17(11-13)26-3)31-20(18)22(28-5)23(29-6)21(19)27-4/h8-9,11-12H,7,10H2,1-6H3. The molecule has 0 atom stereocenters. The van der Waals surface area contributed by atoms with E-state index in [4.69, 9.17) is 32.8 Å².